The molecule has 1 fully saturated rings. The van der Waals surface area contributed by atoms with Crippen molar-refractivity contribution in [1.82, 2.24) is 0 Å². The Morgan fingerprint density at radius 1 is 0.323 bits per heavy atom. The van der Waals surface area contributed by atoms with Crippen LogP contribution in [0.4, 0.5) is 0 Å². The van der Waals surface area contributed by atoms with Gasteiger partial charge in [-0.3, -0.25) is 0 Å². The first kappa shape index (κ1) is 18.2. The van der Waals surface area contributed by atoms with Crippen molar-refractivity contribution in [3.63, 3.8) is 0 Å². The van der Waals surface area contributed by atoms with Gasteiger partial charge < -0.3 is 0 Å². The zero-order valence-electron chi connectivity index (χ0n) is 17.4. The summed E-state index contributed by atoms with van der Waals surface area (Å²) in [6.07, 6.45) is 9.34. The Morgan fingerprint density at radius 2 is 0.581 bits per heavy atom. The number of rotatable bonds is 4. The largest absolute Gasteiger partial charge is 0.0720 e. The molecule has 0 N–H and O–H groups in total. The molecule has 6 rings (SSSR count). The molecule has 0 saturated heterocycles. The zero-order valence-corrected chi connectivity index (χ0v) is 17.4. The quantitative estimate of drug-likeness (QED) is 0.345. The van der Waals surface area contributed by atoms with Crippen LogP contribution in [0.1, 0.15) is 22.3 Å². The van der Waals surface area contributed by atoms with Gasteiger partial charge in [0.2, 0.25) is 0 Å². The predicted molar refractivity (Wildman–Crippen MR) is 128 cm³/mol. The van der Waals surface area contributed by atoms with Crippen molar-refractivity contribution < 1.29 is 0 Å². The Bertz CT molecular complexity index is 1070. The predicted octanol–water partition coefficient (Wildman–Crippen LogP) is 7.09. The highest BCUT2D eigenvalue weighted by atomic mass is 14.9. The van der Waals surface area contributed by atoms with E-state index >= 15 is 0 Å². The molecule has 0 radical (unpaired) electrons. The molecule has 0 unspecified atom stereocenters. The van der Waals surface area contributed by atoms with Crippen LogP contribution < -0.4 is 0 Å². The molecule has 1 spiro atoms. The molecule has 0 aliphatic heterocycles. The molecule has 0 atom stereocenters. The normalized spacial score (nSPS) is 18.8. The second-order valence-electron chi connectivity index (χ2n) is 8.55. The van der Waals surface area contributed by atoms with E-state index < -0.39 is 0 Å². The minimum atomic E-state index is -0.241. The first-order valence-electron chi connectivity index (χ1n) is 11.0. The fraction of sp³-hybridized carbons (Fsp3) is 0.0968. The summed E-state index contributed by atoms with van der Waals surface area (Å²) in [6.45, 7) is 0. The second kappa shape index (κ2) is 6.68. The monoisotopic (exact) mass is 396 g/mol. The molecular weight excluding hydrogens is 372 g/mol. The summed E-state index contributed by atoms with van der Waals surface area (Å²) in [6, 6.07) is 44.3. The zero-order chi connectivity index (χ0) is 20.8. The smallest absolute Gasteiger partial charge is 0.0489 e. The maximum absolute atomic E-state index is 2.44. The van der Waals surface area contributed by atoms with Gasteiger partial charge in [0.15, 0.2) is 0 Å². The Kier molecular flexibility index (Phi) is 3.91. The molecular formula is C31H24. The minimum Gasteiger partial charge on any atom is -0.0720 e. The van der Waals surface area contributed by atoms with E-state index in [0.717, 1.165) is 0 Å². The van der Waals surface area contributed by atoms with Crippen molar-refractivity contribution >= 4 is 0 Å². The summed E-state index contributed by atoms with van der Waals surface area (Å²) < 4.78 is 0. The highest BCUT2D eigenvalue weighted by Gasteiger charge is 2.86. The molecule has 2 aliphatic carbocycles. The Balaban J connectivity index is 1.81. The summed E-state index contributed by atoms with van der Waals surface area (Å²) >= 11 is 0. The molecule has 31 heavy (non-hydrogen) atoms. The molecule has 4 aromatic carbocycles. The summed E-state index contributed by atoms with van der Waals surface area (Å²) in [4.78, 5) is 0. The summed E-state index contributed by atoms with van der Waals surface area (Å²) in [5, 5.41) is 0. The lowest BCUT2D eigenvalue weighted by atomic mass is 9.74. The lowest BCUT2D eigenvalue weighted by Gasteiger charge is -2.28. The van der Waals surface area contributed by atoms with Gasteiger partial charge in [0.05, 0.1) is 0 Å². The van der Waals surface area contributed by atoms with Crippen LogP contribution in [0.2, 0.25) is 0 Å². The van der Waals surface area contributed by atoms with Crippen LogP contribution in [0.25, 0.3) is 0 Å². The van der Waals surface area contributed by atoms with E-state index in [9.17, 15) is 0 Å². The van der Waals surface area contributed by atoms with E-state index in [-0.39, 0.29) is 16.2 Å². The van der Waals surface area contributed by atoms with Crippen molar-refractivity contribution in [1.29, 1.82) is 0 Å². The van der Waals surface area contributed by atoms with Gasteiger partial charge in [-0.1, -0.05) is 146 Å². The maximum Gasteiger partial charge on any atom is 0.0489 e. The molecule has 0 nitrogen and oxygen atoms in total. The van der Waals surface area contributed by atoms with Crippen LogP contribution in [0.5, 0.6) is 0 Å². The Hall–Kier alpha value is -3.64. The number of hydrogen-bond donors (Lipinski definition) is 0. The molecule has 0 heterocycles. The topological polar surface area (TPSA) is 0 Å². The number of benzene rings is 4. The molecule has 0 heteroatoms. The second-order valence-corrected chi connectivity index (χ2v) is 8.55. The lowest BCUT2D eigenvalue weighted by molar-refractivity contribution is 0.690. The van der Waals surface area contributed by atoms with Crippen LogP contribution in [-0.4, -0.2) is 0 Å². The first-order chi connectivity index (χ1) is 15.4. The first-order valence-corrected chi connectivity index (χ1v) is 11.0. The third-order valence-corrected chi connectivity index (χ3v) is 7.40. The average Bonchev–Trinajstić information content (AvgIpc) is 3.07. The van der Waals surface area contributed by atoms with E-state index in [1.165, 1.54) is 22.3 Å². The lowest BCUT2D eigenvalue weighted by Crippen LogP contribution is -2.25. The van der Waals surface area contributed by atoms with Crippen LogP contribution >= 0.6 is 0 Å². The van der Waals surface area contributed by atoms with Crippen LogP contribution in [0, 0.1) is 5.41 Å². The van der Waals surface area contributed by atoms with Crippen molar-refractivity contribution in [2.75, 3.05) is 0 Å². The summed E-state index contributed by atoms with van der Waals surface area (Å²) in [5.74, 6) is 0. The summed E-state index contributed by atoms with van der Waals surface area (Å²) in [7, 11) is 0. The highest BCUT2D eigenvalue weighted by molar-refractivity contribution is 5.76. The van der Waals surface area contributed by atoms with E-state index in [1.807, 2.05) is 0 Å². The van der Waals surface area contributed by atoms with Gasteiger partial charge in [-0.25, -0.2) is 0 Å². The number of hydrogen-bond acceptors (Lipinski definition) is 0. The van der Waals surface area contributed by atoms with Gasteiger partial charge in [0.25, 0.3) is 0 Å². The van der Waals surface area contributed by atoms with Crippen LogP contribution in [0.3, 0.4) is 0 Å². The fourth-order valence-electron chi connectivity index (χ4n) is 6.49. The SMILES string of the molecule is C1=CC2(C=C1)C(c1ccccc1)(c1ccccc1)C2(c1ccccc1)c1ccccc1. The van der Waals surface area contributed by atoms with Crippen molar-refractivity contribution in [2.45, 2.75) is 10.8 Å². The Morgan fingerprint density at radius 3 is 0.839 bits per heavy atom. The van der Waals surface area contributed by atoms with Crippen molar-refractivity contribution in [2.24, 2.45) is 5.41 Å². The molecule has 4 aromatic rings. The average molecular weight is 397 g/mol. The molecule has 0 bridgehead atoms. The molecule has 148 valence electrons. The van der Waals surface area contributed by atoms with E-state index in [4.69, 9.17) is 0 Å². The minimum absolute atomic E-state index is 0.175. The molecule has 0 amide bonds. The summed E-state index contributed by atoms with van der Waals surface area (Å²) in [5.41, 5.74) is 4.75. The highest BCUT2D eigenvalue weighted by Crippen LogP contribution is 2.85. The number of allylic oxidation sites excluding steroid dienone is 4. The van der Waals surface area contributed by atoms with Crippen molar-refractivity contribution in [3.05, 3.63) is 168 Å². The standard InChI is InChI=1S/C31H24/c1-5-15-25(16-6-1)30(26-17-7-2-8-18-26)29(23-13-14-24-29)31(30,27-19-9-3-10-20-27)28-21-11-4-12-22-28/h1-24H. The van der Waals surface area contributed by atoms with Crippen LogP contribution in [-0.2, 0) is 10.8 Å². The maximum atomic E-state index is 2.44. The molecule has 0 aromatic heterocycles. The van der Waals surface area contributed by atoms with Crippen LogP contribution in [0.15, 0.2) is 146 Å². The van der Waals surface area contributed by atoms with E-state index in [2.05, 4.69) is 146 Å². The van der Waals surface area contributed by atoms with Gasteiger partial charge in [0.1, 0.15) is 0 Å². The van der Waals surface area contributed by atoms with Gasteiger partial charge in [-0.2, -0.15) is 0 Å². The van der Waals surface area contributed by atoms with E-state index in [0.29, 0.717) is 0 Å². The van der Waals surface area contributed by atoms with Crippen molar-refractivity contribution in [3.8, 4) is 0 Å². The third-order valence-electron chi connectivity index (χ3n) is 7.40. The molecule has 2 aliphatic rings. The van der Waals surface area contributed by atoms with Gasteiger partial charge in [-0.05, 0) is 22.3 Å². The van der Waals surface area contributed by atoms with Gasteiger partial charge in [0, 0.05) is 16.2 Å². The van der Waals surface area contributed by atoms with E-state index in [1.54, 1.807) is 0 Å². The molecule has 1 saturated carbocycles. The third kappa shape index (κ3) is 2.10. The Labute approximate surface area is 184 Å². The fourth-order valence-corrected chi connectivity index (χ4v) is 6.49. The van der Waals surface area contributed by atoms with Gasteiger partial charge >= 0.3 is 0 Å². The van der Waals surface area contributed by atoms with Gasteiger partial charge in [-0.15, -0.1) is 0 Å².